The van der Waals surface area contributed by atoms with Crippen LogP contribution in [-0.4, -0.2) is 13.7 Å². The molecule has 0 fully saturated rings. The molecular formula is C16H21NOS. The van der Waals surface area contributed by atoms with Gasteiger partial charge < -0.3 is 10.1 Å². The average Bonchev–Trinajstić information content (AvgIpc) is 2.85. The fourth-order valence-electron chi connectivity index (χ4n) is 2.26. The van der Waals surface area contributed by atoms with Crippen molar-refractivity contribution in [3.8, 4) is 5.75 Å². The van der Waals surface area contributed by atoms with Crippen molar-refractivity contribution in [1.29, 1.82) is 0 Å². The molecule has 1 aromatic heterocycles. The van der Waals surface area contributed by atoms with Gasteiger partial charge in [0.15, 0.2) is 0 Å². The second-order valence-corrected chi connectivity index (χ2v) is 5.42. The van der Waals surface area contributed by atoms with Crippen molar-refractivity contribution in [1.82, 2.24) is 5.32 Å². The number of hydrogen-bond donors (Lipinski definition) is 1. The van der Waals surface area contributed by atoms with Gasteiger partial charge in [-0.3, -0.25) is 0 Å². The monoisotopic (exact) mass is 275 g/mol. The van der Waals surface area contributed by atoms with Gasteiger partial charge in [0.2, 0.25) is 0 Å². The molecular weight excluding hydrogens is 254 g/mol. The van der Waals surface area contributed by atoms with E-state index in [2.05, 4.69) is 42.1 Å². The molecule has 0 amide bonds. The van der Waals surface area contributed by atoms with Crippen LogP contribution in [0.1, 0.15) is 29.7 Å². The highest BCUT2D eigenvalue weighted by molar-refractivity contribution is 7.08. The highest BCUT2D eigenvalue weighted by Gasteiger charge is 2.14. The third-order valence-electron chi connectivity index (χ3n) is 3.32. The van der Waals surface area contributed by atoms with Crippen LogP contribution >= 0.6 is 11.3 Å². The van der Waals surface area contributed by atoms with E-state index in [-0.39, 0.29) is 0 Å². The van der Waals surface area contributed by atoms with E-state index in [1.165, 1.54) is 16.7 Å². The summed E-state index contributed by atoms with van der Waals surface area (Å²) in [6.07, 6.45) is 1.01. The fraction of sp³-hybridized carbons (Fsp3) is 0.375. The molecule has 0 saturated heterocycles. The minimum Gasteiger partial charge on any atom is -0.497 e. The summed E-state index contributed by atoms with van der Waals surface area (Å²) in [5.74, 6) is 0.912. The number of rotatable bonds is 6. The van der Waals surface area contributed by atoms with Gasteiger partial charge in [-0.2, -0.15) is 11.3 Å². The summed E-state index contributed by atoms with van der Waals surface area (Å²) >= 11 is 1.78. The van der Waals surface area contributed by atoms with E-state index < -0.39 is 0 Å². The number of nitrogens with one attached hydrogen (secondary N) is 1. The predicted molar refractivity (Wildman–Crippen MR) is 82.2 cm³/mol. The molecule has 2 aromatic rings. The highest BCUT2D eigenvalue weighted by Crippen LogP contribution is 2.25. The zero-order chi connectivity index (χ0) is 13.7. The Labute approximate surface area is 119 Å². The van der Waals surface area contributed by atoms with E-state index in [4.69, 9.17) is 4.74 Å². The van der Waals surface area contributed by atoms with Crippen LogP contribution in [0.3, 0.4) is 0 Å². The van der Waals surface area contributed by atoms with Gasteiger partial charge in [0, 0.05) is 6.04 Å². The molecule has 19 heavy (non-hydrogen) atoms. The predicted octanol–water partition coefficient (Wildman–Crippen LogP) is 3.96. The summed E-state index contributed by atoms with van der Waals surface area (Å²) in [6, 6.07) is 8.73. The largest absolute Gasteiger partial charge is 0.497 e. The molecule has 0 aliphatic rings. The molecule has 0 saturated carbocycles. The van der Waals surface area contributed by atoms with Crippen LogP contribution in [0.25, 0.3) is 0 Å². The number of ether oxygens (including phenoxy) is 1. The van der Waals surface area contributed by atoms with Gasteiger partial charge in [-0.1, -0.05) is 19.1 Å². The second kappa shape index (κ2) is 6.73. The second-order valence-electron chi connectivity index (χ2n) is 4.67. The maximum Gasteiger partial charge on any atom is 0.118 e. The molecule has 0 aliphatic heterocycles. The molecule has 1 N–H and O–H groups in total. The lowest BCUT2D eigenvalue weighted by Gasteiger charge is -2.18. The Bertz CT molecular complexity index is 504. The Hall–Kier alpha value is -1.32. The van der Waals surface area contributed by atoms with Crippen LogP contribution < -0.4 is 10.1 Å². The van der Waals surface area contributed by atoms with Crippen LogP contribution in [0.2, 0.25) is 0 Å². The van der Waals surface area contributed by atoms with Gasteiger partial charge in [0.1, 0.15) is 5.75 Å². The Morgan fingerprint density at radius 3 is 2.47 bits per heavy atom. The van der Waals surface area contributed by atoms with Gasteiger partial charge in [-0.05, 0) is 59.5 Å². The summed E-state index contributed by atoms with van der Waals surface area (Å²) in [7, 11) is 1.70. The van der Waals surface area contributed by atoms with Crippen LogP contribution in [0.5, 0.6) is 5.75 Å². The summed E-state index contributed by atoms with van der Waals surface area (Å²) < 4.78 is 5.20. The maximum atomic E-state index is 5.20. The lowest BCUT2D eigenvalue weighted by Crippen LogP contribution is -2.23. The molecule has 0 radical (unpaired) electrons. The number of hydrogen-bond acceptors (Lipinski definition) is 3. The summed E-state index contributed by atoms with van der Waals surface area (Å²) in [5.41, 5.74) is 4.13. The number of methoxy groups -OCH3 is 1. The van der Waals surface area contributed by atoms with E-state index in [1.54, 1.807) is 18.4 Å². The lowest BCUT2D eigenvalue weighted by atomic mass is 9.98. The first kappa shape index (κ1) is 14.1. The van der Waals surface area contributed by atoms with Crippen molar-refractivity contribution >= 4 is 11.3 Å². The van der Waals surface area contributed by atoms with Crippen molar-refractivity contribution in [2.75, 3.05) is 13.7 Å². The smallest absolute Gasteiger partial charge is 0.118 e. The molecule has 2 rings (SSSR count). The third kappa shape index (κ3) is 3.58. The first-order chi connectivity index (χ1) is 9.24. The van der Waals surface area contributed by atoms with Crippen molar-refractivity contribution < 1.29 is 4.74 Å². The SMILES string of the molecule is CCNC(Cc1ccc(OC)cc1)c1cscc1C. The van der Waals surface area contributed by atoms with Gasteiger partial charge in [-0.15, -0.1) is 0 Å². The Morgan fingerprint density at radius 1 is 1.21 bits per heavy atom. The standard InChI is InChI=1S/C16H21NOS/c1-4-17-16(15-11-19-10-12(15)2)9-13-5-7-14(18-3)8-6-13/h5-8,10-11,16-17H,4,9H2,1-3H3. The molecule has 1 heterocycles. The number of likely N-dealkylation sites (N-methyl/N-ethyl adjacent to an activating group) is 1. The van der Waals surface area contributed by atoms with Crippen LogP contribution in [0.15, 0.2) is 35.0 Å². The normalized spacial score (nSPS) is 12.4. The summed E-state index contributed by atoms with van der Waals surface area (Å²) in [6.45, 7) is 5.32. The molecule has 3 heteroatoms. The van der Waals surface area contributed by atoms with Crippen LogP contribution in [0, 0.1) is 6.92 Å². The molecule has 0 aliphatic carbocycles. The lowest BCUT2D eigenvalue weighted by molar-refractivity contribution is 0.414. The van der Waals surface area contributed by atoms with E-state index in [1.807, 2.05) is 12.1 Å². The maximum absolute atomic E-state index is 5.20. The Kier molecular flexibility index (Phi) is 5.00. The van der Waals surface area contributed by atoms with Crippen molar-refractivity contribution in [3.05, 3.63) is 51.7 Å². The molecule has 0 spiro atoms. The number of aryl methyl sites for hydroxylation is 1. The molecule has 2 nitrogen and oxygen atoms in total. The first-order valence-electron chi connectivity index (χ1n) is 6.63. The van der Waals surface area contributed by atoms with E-state index in [9.17, 15) is 0 Å². The molecule has 1 atom stereocenters. The fourth-order valence-corrected chi connectivity index (χ4v) is 3.17. The Morgan fingerprint density at radius 2 is 1.95 bits per heavy atom. The van der Waals surface area contributed by atoms with Gasteiger partial charge in [0.25, 0.3) is 0 Å². The zero-order valence-corrected chi connectivity index (χ0v) is 12.6. The van der Waals surface area contributed by atoms with Crippen LogP contribution in [-0.2, 0) is 6.42 Å². The molecule has 0 bridgehead atoms. The molecule has 1 unspecified atom stereocenters. The average molecular weight is 275 g/mol. The number of benzene rings is 1. The van der Waals surface area contributed by atoms with E-state index in [0.29, 0.717) is 6.04 Å². The Balaban J connectivity index is 2.14. The topological polar surface area (TPSA) is 21.3 Å². The van der Waals surface area contributed by atoms with Crippen molar-refractivity contribution in [3.63, 3.8) is 0 Å². The summed E-state index contributed by atoms with van der Waals surface area (Å²) in [4.78, 5) is 0. The molecule has 1 aromatic carbocycles. The minimum absolute atomic E-state index is 0.393. The van der Waals surface area contributed by atoms with Crippen LogP contribution in [0.4, 0.5) is 0 Å². The number of thiophene rings is 1. The van der Waals surface area contributed by atoms with Gasteiger partial charge in [-0.25, -0.2) is 0 Å². The summed E-state index contributed by atoms with van der Waals surface area (Å²) in [5, 5.41) is 8.05. The quantitative estimate of drug-likeness (QED) is 0.861. The zero-order valence-electron chi connectivity index (χ0n) is 11.8. The van der Waals surface area contributed by atoms with Gasteiger partial charge >= 0.3 is 0 Å². The van der Waals surface area contributed by atoms with E-state index in [0.717, 1.165) is 18.7 Å². The van der Waals surface area contributed by atoms with Gasteiger partial charge in [0.05, 0.1) is 7.11 Å². The van der Waals surface area contributed by atoms with Crippen molar-refractivity contribution in [2.45, 2.75) is 26.3 Å². The van der Waals surface area contributed by atoms with E-state index >= 15 is 0 Å². The third-order valence-corrected chi connectivity index (χ3v) is 4.20. The first-order valence-corrected chi connectivity index (χ1v) is 7.58. The van der Waals surface area contributed by atoms with Crippen molar-refractivity contribution in [2.24, 2.45) is 0 Å². The molecule has 102 valence electrons. The highest BCUT2D eigenvalue weighted by atomic mass is 32.1. The minimum atomic E-state index is 0.393.